The van der Waals surface area contributed by atoms with E-state index in [9.17, 15) is 18.3 Å². The highest BCUT2D eigenvalue weighted by Gasteiger charge is 2.36. The maximum absolute atomic E-state index is 12.8. The number of benzene rings is 1. The Bertz CT molecular complexity index is 569. The van der Waals surface area contributed by atoms with Crippen molar-refractivity contribution in [3.05, 3.63) is 41.6 Å². The van der Waals surface area contributed by atoms with Crippen LogP contribution in [0.1, 0.15) is 38.1 Å². The fraction of sp³-hybridized carbons (Fsp3) is 0.529. The van der Waals surface area contributed by atoms with Crippen molar-refractivity contribution in [2.45, 2.75) is 39.2 Å². The zero-order chi connectivity index (χ0) is 17.2. The highest BCUT2D eigenvalue weighted by molar-refractivity contribution is 5.73. The van der Waals surface area contributed by atoms with E-state index < -0.39 is 18.9 Å². The standard InChI is InChI=1S/C17H23F3N2O/c1-11(2)8-21-12(3)15-9-22(10-17(18,19)20)16(23)14-7-5-4-6-13(14)15/h4-7,9,11-12,16,21,23H,8,10H2,1-3H3. The first kappa shape index (κ1) is 17.8. The van der Waals surface area contributed by atoms with Crippen LogP contribution in [0.3, 0.4) is 0 Å². The Morgan fingerprint density at radius 3 is 2.48 bits per heavy atom. The summed E-state index contributed by atoms with van der Waals surface area (Å²) < 4.78 is 38.3. The summed E-state index contributed by atoms with van der Waals surface area (Å²) in [6, 6.07) is 6.95. The van der Waals surface area contributed by atoms with Crippen molar-refractivity contribution in [2.24, 2.45) is 5.92 Å². The average molecular weight is 328 g/mol. The summed E-state index contributed by atoms with van der Waals surface area (Å²) in [6.07, 6.45) is -4.23. The molecule has 1 aromatic carbocycles. The Morgan fingerprint density at radius 1 is 1.22 bits per heavy atom. The highest BCUT2D eigenvalue weighted by atomic mass is 19.4. The monoisotopic (exact) mass is 328 g/mol. The number of hydrogen-bond acceptors (Lipinski definition) is 3. The van der Waals surface area contributed by atoms with Gasteiger partial charge in [0, 0.05) is 17.8 Å². The van der Waals surface area contributed by atoms with E-state index in [1.165, 1.54) is 6.20 Å². The highest BCUT2D eigenvalue weighted by Crippen LogP contribution is 2.36. The molecule has 0 saturated carbocycles. The Kier molecular flexibility index (Phi) is 5.37. The van der Waals surface area contributed by atoms with Crippen molar-refractivity contribution >= 4 is 5.57 Å². The largest absolute Gasteiger partial charge is 0.406 e. The number of hydrogen-bond donors (Lipinski definition) is 2. The molecule has 2 atom stereocenters. The molecule has 0 saturated heterocycles. The fourth-order valence-corrected chi connectivity index (χ4v) is 2.69. The number of aliphatic hydroxyl groups is 1. The molecule has 2 rings (SSSR count). The molecule has 1 aliphatic heterocycles. The van der Waals surface area contributed by atoms with E-state index in [0.29, 0.717) is 11.5 Å². The second kappa shape index (κ2) is 6.93. The van der Waals surface area contributed by atoms with Crippen molar-refractivity contribution in [1.82, 2.24) is 10.2 Å². The van der Waals surface area contributed by atoms with E-state index in [4.69, 9.17) is 0 Å². The van der Waals surface area contributed by atoms with E-state index in [0.717, 1.165) is 22.6 Å². The molecule has 0 aliphatic carbocycles. The third-order valence-electron chi connectivity index (χ3n) is 3.83. The molecule has 1 aromatic rings. The minimum atomic E-state index is -4.37. The van der Waals surface area contributed by atoms with Gasteiger partial charge in [0.1, 0.15) is 6.54 Å². The third-order valence-corrected chi connectivity index (χ3v) is 3.83. The Balaban J connectivity index is 2.33. The third kappa shape index (κ3) is 4.48. The first-order valence-corrected chi connectivity index (χ1v) is 7.74. The summed E-state index contributed by atoms with van der Waals surface area (Å²) in [6.45, 7) is 5.66. The van der Waals surface area contributed by atoms with E-state index in [2.05, 4.69) is 19.2 Å². The van der Waals surface area contributed by atoms with Crippen LogP contribution in [0.5, 0.6) is 0 Å². The zero-order valence-electron chi connectivity index (χ0n) is 13.6. The molecule has 2 unspecified atom stereocenters. The quantitative estimate of drug-likeness (QED) is 0.868. The summed E-state index contributed by atoms with van der Waals surface area (Å²) in [7, 11) is 0. The lowest BCUT2D eigenvalue weighted by Gasteiger charge is -2.36. The maximum atomic E-state index is 12.8. The molecule has 0 fully saturated rings. The predicted octanol–water partition coefficient (Wildman–Crippen LogP) is 3.53. The van der Waals surface area contributed by atoms with Crippen LogP contribution in [-0.2, 0) is 0 Å². The molecule has 3 nitrogen and oxygen atoms in total. The van der Waals surface area contributed by atoms with Crippen molar-refractivity contribution in [1.29, 1.82) is 0 Å². The summed E-state index contributed by atoms with van der Waals surface area (Å²) in [5.41, 5.74) is 2.06. The van der Waals surface area contributed by atoms with Gasteiger partial charge in [0.15, 0.2) is 6.23 Å². The Hall–Kier alpha value is -1.53. The molecule has 0 spiro atoms. The second-order valence-electron chi connectivity index (χ2n) is 6.36. The minimum absolute atomic E-state index is 0.109. The number of rotatable bonds is 5. The van der Waals surface area contributed by atoms with Crippen LogP contribution >= 0.6 is 0 Å². The molecule has 0 radical (unpaired) electrons. The van der Waals surface area contributed by atoms with Gasteiger partial charge in [-0.05, 0) is 30.5 Å². The summed E-state index contributed by atoms with van der Waals surface area (Å²) >= 11 is 0. The van der Waals surface area contributed by atoms with E-state index in [1.807, 2.05) is 19.1 Å². The van der Waals surface area contributed by atoms with Crippen molar-refractivity contribution in [2.75, 3.05) is 13.1 Å². The first-order valence-electron chi connectivity index (χ1n) is 7.74. The fourth-order valence-electron chi connectivity index (χ4n) is 2.69. The predicted molar refractivity (Wildman–Crippen MR) is 84.4 cm³/mol. The normalized spacial score (nSPS) is 19.6. The van der Waals surface area contributed by atoms with Crippen LogP contribution in [0.2, 0.25) is 0 Å². The Labute approximate surface area is 134 Å². The van der Waals surface area contributed by atoms with Gasteiger partial charge in [-0.3, -0.25) is 0 Å². The van der Waals surface area contributed by atoms with Crippen molar-refractivity contribution < 1.29 is 18.3 Å². The van der Waals surface area contributed by atoms with Crippen molar-refractivity contribution in [3.8, 4) is 0 Å². The van der Waals surface area contributed by atoms with Crippen molar-refractivity contribution in [3.63, 3.8) is 0 Å². The van der Waals surface area contributed by atoms with Gasteiger partial charge in [0.25, 0.3) is 0 Å². The van der Waals surface area contributed by atoms with Crippen LogP contribution in [0.25, 0.3) is 5.57 Å². The number of alkyl halides is 3. The van der Waals surface area contributed by atoms with Crippen LogP contribution < -0.4 is 5.32 Å². The lowest BCUT2D eigenvalue weighted by Crippen LogP contribution is -2.39. The van der Waals surface area contributed by atoms with Crippen LogP contribution in [0, 0.1) is 5.92 Å². The van der Waals surface area contributed by atoms with Crippen LogP contribution in [0.4, 0.5) is 13.2 Å². The van der Waals surface area contributed by atoms with Crippen LogP contribution in [-0.4, -0.2) is 35.3 Å². The summed E-state index contributed by atoms with van der Waals surface area (Å²) in [5.74, 6) is 0.439. The molecule has 2 N–H and O–H groups in total. The molecule has 1 aliphatic rings. The number of aliphatic hydroxyl groups excluding tert-OH is 1. The van der Waals surface area contributed by atoms with Gasteiger partial charge in [-0.2, -0.15) is 13.2 Å². The minimum Gasteiger partial charge on any atom is -0.369 e. The number of nitrogens with one attached hydrogen (secondary N) is 1. The summed E-state index contributed by atoms with van der Waals surface area (Å²) in [4.78, 5) is 0.950. The molecule has 1 heterocycles. The number of halogens is 3. The van der Waals surface area contributed by atoms with Gasteiger partial charge in [-0.15, -0.1) is 0 Å². The molecular weight excluding hydrogens is 305 g/mol. The van der Waals surface area contributed by atoms with Gasteiger partial charge in [0.05, 0.1) is 0 Å². The SMILES string of the molecule is CC(C)CNC(C)C1=CN(CC(F)(F)F)C(O)c2ccccc21. The maximum Gasteiger partial charge on any atom is 0.406 e. The summed E-state index contributed by atoms with van der Waals surface area (Å²) in [5, 5.41) is 13.6. The smallest absolute Gasteiger partial charge is 0.369 e. The molecule has 0 amide bonds. The molecule has 6 heteroatoms. The van der Waals surface area contributed by atoms with E-state index in [-0.39, 0.29) is 6.04 Å². The number of fused-ring (bicyclic) bond motifs is 1. The lowest BCUT2D eigenvalue weighted by molar-refractivity contribution is -0.157. The van der Waals surface area contributed by atoms with Crippen LogP contribution in [0.15, 0.2) is 30.5 Å². The molecule has 128 valence electrons. The van der Waals surface area contributed by atoms with Gasteiger partial charge in [-0.25, -0.2) is 0 Å². The van der Waals surface area contributed by atoms with E-state index >= 15 is 0 Å². The Morgan fingerprint density at radius 2 is 1.87 bits per heavy atom. The first-order chi connectivity index (χ1) is 10.7. The van der Waals surface area contributed by atoms with E-state index in [1.54, 1.807) is 12.1 Å². The van der Waals surface area contributed by atoms with Gasteiger partial charge < -0.3 is 15.3 Å². The molecule has 0 aromatic heterocycles. The van der Waals surface area contributed by atoms with Gasteiger partial charge in [0.2, 0.25) is 0 Å². The number of nitrogens with zero attached hydrogens (tertiary/aromatic N) is 1. The van der Waals surface area contributed by atoms with Gasteiger partial charge >= 0.3 is 6.18 Å². The topological polar surface area (TPSA) is 35.5 Å². The molecule has 0 bridgehead atoms. The average Bonchev–Trinajstić information content (AvgIpc) is 2.46. The molecule has 23 heavy (non-hydrogen) atoms. The second-order valence-corrected chi connectivity index (χ2v) is 6.36. The zero-order valence-corrected chi connectivity index (χ0v) is 13.6. The lowest BCUT2D eigenvalue weighted by atomic mass is 9.91. The molecular formula is C17H23F3N2O. The van der Waals surface area contributed by atoms with Gasteiger partial charge in [-0.1, -0.05) is 38.1 Å².